The monoisotopic (exact) mass is 255 g/mol. The number of hydrogen-bond acceptors (Lipinski definition) is 4. The summed E-state index contributed by atoms with van der Waals surface area (Å²) in [5.41, 5.74) is 2.49. The molecule has 1 aromatic heterocycles. The van der Waals surface area contributed by atoms with Crippen molar-refractivity contribution in [2.75, 3.05) is 6.61 Å². The van der Waals surface area contributed by atoms with Gasteiger partial charge in [0.25, 0.3) is 0 Å². The number of nitriles is 1. The number of rotatable bonds is 3. The van der Waals surface area contributed by atoms with E-state index in [1.165, 1.54) is 0 Å². The number of aryl methyl sites for hydroxylation is 1. The van der Waals surface area contributed by atoms with Gasteiger partial charge in [-0.3, -0.25) is 0 Å². The average molecular weight is 255 g/mol. The van der Waals surface area contributed by atoms with E-state index in [0.29, 0.717) is 12.2 Å². The van der Waals surface area contributed by atoms with Crippen molar-refractivity contribution in [2.45, 2.75) is 13.8 Å². The van der Waals surface area contributed by atoms with Crippen LogP contribution in [0.5, 0.6) is 0 Å². The molecule has 1 aromatic carbocycles. The van der Waals surface area contributed by atoms with Crippen LogP contribution in [-0.4, -0.2) is 22.4 Å². The van der Waals surface area contributed by atoms with Gasteiger partial charge >= 0.3 is 5.97 Å². The Labute approximate surface area is 111 Å². The van der Waals surface area contributed by atoms with Gasteiger partial charge in [0.05, 0.1) is 23.9 Å². The highest BCUT2D eigenvalue weighted by Crippen LogP contribution is 2.13. The number of benzene rings is 1. The largest absolute Gasteiger partial charge is 0.461 e. The van der Waals surface area contributed by atoms with Crippen molar-refractivity contribution in [1.29, 1.82) is 5.26 Å². The van der Waals surface area contributed by atoms with Crippen LogP contribution in [0.1, 0.15) is 28.7 Å². The molecule has 96 valence electrons. The second-order valence-corrected chi connectivity index (χ2v) is 3.96. The van der Waals surface area contributed by atoms with Crippen molar-refractivity contribution >= 4 is 5.97 Å². The molecule has 0 radical (unpaired) electrons. The lowest BCUT2D eigenvalue weighted by atomic mass is 10.2. The minimum absolute atomic E-state index is 0.281. The zero-order valence-electron chi connectivity index (χ0n) is 10.8. The molecule has 5 heteroatoms. The molecule has 2 aromatic rings. The SMILES string of the molecule is CCOC(=O)c1cc(C)n(-c2ccc(C#N)cc2)n1. The van der Waals surface area contributed by atoms with E-state index in [0.717, 1.165) is 11.4 Å². The third kappa shape index (κ3) is 2.63. The molecule has 0 saturated carbocycles. The first-order chi connectivity index (χ1) is 9.15. The molecule has 0 fully saturated rings. The van der Waals surface area contributed by atoms with Crippen LogP contribution < -0.4 is 0 Å². The fourth-order valence-electron chi connectivity index (χ4n) is 1.72. The van der Waals surface area contributed by atoms with Gasteiger partial charge in [-0.25, -0.2) is 9.48 Å². The molecule has 0 bridgehead atoms. The van der Waals surface area contributed by atoms with Crippen LogP contribution in [0.25, 0.3) is 5.69 Å². The van der Waals surface area contributed by atoms with Crippen LogP contribution in [0.15, 0.2) is 30.3 Å². The first-order valence-electron chi connectivity index (χ1n) is 5.90. The van der Waals surface area contributed by atoms with Crippen molar-refractivity contribution in [1.82, 2.24) is 9.78 Å². The minimum Gasteiger partial charge on any atom is -0.461 e. The maximum atomic E-state index is 11.6. The fraction of sp³-hybridized carbons (Fsp3) is 0.214. The van der Waals surface area contributed by atoms with Gasteiger partial charge in [-0.05, 0) is 44.2 Å². The Morgan fingerprint density at radius 1 is 1.42 bits per heavy atom. The van der Waals surface area contributed by atoms with Gasteiger partial charge in [-0.1, -0.05) is 0 Å². The van der Waals surface area contributed by atoms with Crippen molar-refractivity contribution in [3.63, 3.8) is 0 Å². The quantitative estimate of drug-likeness (QED) is 0.789. The molecule has 5 nitrogen and oxygen atoms in total. The van der Waals surface area contributed by atoms with Gasteiger partial charge in [0.2, 0.25) is 0 Å². The van der Waals surface area contributed by atoms with Crippen LogP contribution >= 0.6 is 0 Å². The Balaban J connectivity index is 2.34. The molecule has 0 unspecified atom stereocenters. The lowest BCUT2D eigenvalue weighted by molar-refractivity contribution is 0.0519. The van der Waals surface area contributed by atoms with Crippen molar-refractivity contribution in [3.8, 4) is 11.8 Å². The number of hydrogen-bond donors (Lipinski definition) is 0. The standard InChI is InChI=1S/C14H13N3O2/c1-3-19-14(18)13-8-10(2)17(16-13)12-6-4-11(9-15)5-7-12/h4-8H,3H2,1-2H3. The third-order valence-electron chi connectivity index (χ3n) is 2.61. The Morgan fingerprint density at radius 3 is 2.68 bits per heavy atom. The molecule has 1 heterocycles. The number of esters is 1. The molecule has 0 spiro atoms. The normalized spacial score (nSPS) is 9.95. The molecular weight excluding hydrogens is 242 g/mol. The predicted octanol–water partition coefficient (Wildman–Crippen LogP) is 2.23. The molecule has 0 amide bonds. The van der Waals surface area contributed by atoms with Crippen LogP contribution in [-0.2, 0) is 4.74 Å². The lowest BCUT2D eigenvalue weighted by Crippen LogP contribution is -2.06. The van der Waals surface area contributed by atoms with Gasteiger partial charge in [-0.2, -0.15) is 10.4 Å². The molecule has 19 heavy (non-hydrogen) atoms. The second kappa shape index (κ2) is 5.36. The highest BCUT2D eigenvalue weighted by molar-refractivity contribution is 5.87. The van der Waals surface area contributed by atoms with Gasteiger partial charge < -0.3 is 4.74 Å². The molecule has 0 aliphatic rings. The zero-order valence-corrected chi connectivity index (χ0v) is 10.8. The number of carbonyl (C=O) groups excluding carboxylic acids is 1. The second-order valence-electron chi connectivity index (χ2n) is 3.96. The van der Waals surface area contributed by atoms with E-state index in [4.69, 9.17) is 10.00 Å². The molecular formula is C14H13N3O2. The molecule has 0 aliphatic heterocycles. The Bertz CT molecular complexity index is 636. The Kier molecular flexibility index (Phi) is 3.62. The summed E-state index contributed by atoms with van der Waals surface area (Å²) in [6.07, 6.45) is 0. The molecule has 0 atom stereocenters. The van der Waals surface area contributed by atoms with Gasteiger partial charge in [0.15, 0.2) is 5.69 Å². The summed E-state index contributed by atoms with van der Waals surface area (Å²) >= 11 is 0. The van der Waals surface area contributed by atoms with Gasteiger partial charge in [-0.15, -0.1) is 0 Å². The summed E-state index contributed by atoms with van der Waals surface area (Å²) in [5, 5.41) is 13.0. The van der Waals surface area contributed by atoms with E-state index in [1.54, 1.807) is 41.9 Å². The summed E-state index contributed by atoms with van der Waals surface area (Å²) < 4.78 is 6.56. The molecule has 0 saturated heterocycles. The summed E-state index contributed by atoms with van der Waals surface area (Å²) in [7, 11) is 0. The summed E-state index contributed by atoms with van der Waals surface area (Å²) in [6, 6.07) is 10.7. The molecule has 0 N–H and O–H groups in total. The maximum absolute atomic E-state index is 11.6. The first-order valence-corrected chi connectivity index (χ1v) is 5.90. The number of aromatic nitrogens is 2. The van der Waals surface area contributed by atoms with E-state index in [-0.39, 0.29) is 5.69 Å². The van der Waals surface area contributed by atoms with Crippen LogP contribution in [0.2, 0.25) is 0 Å². The van der Waals surface area contributed by atoms with Crippen molar-refractivity contribution in [2.24, 2.45) is 0 Å². The molecule has 2 rings (SSSR count). The summed E-state index contributed by atoms with van der Waals surface area (Å²) in [6.45, 7) is 3.93. The highest BCUT2D eigenvalue weighted by Gasteiger charge is 2.13. The van der Waals surface area contributed by atoms with E-state index in [2.05, 4.69) is 11.2 Å². The number of ether oxygens (including phenoxy) is 1. The highest BCUT2D eigenvalue weighted by atomic mass is 16.5. The van der Waals surface area contributed by atoms with E-state index in [1.807, 2.05) is 6.92 Å². The van der Waals surface area contributed by atoms with Crippen LogP contribution in [0, 0.1) is 18.3 Å². The first kappa shape index (κ1) is 12.8. The topological polar surface area (TPSA) is 67.9 Å². The predicted molar refractivity (Wildman–Crippen MR) is 69.0 cm³/mol. The number of nitrogens with zero attached hydrogens (tertiary/aromatic N) is 3. The van der Waals surface area contributed by atoms with Gasteiger partial charge in [0.1, 0.15) is 0 Å². The van der Waals surface area contributed by atoms with Crippen molar-refractivity contribution in [3.05, 3.63) is 47.3 Å². The van der Waals surface area contributed by atoms with E-state index < -0.39 is 5.97 Å². The number of carbonyl (C=O) groups is 1. The van der Waals surface area contributed by atoms with E-state index >= 15 is 0 Å². The third-order valence-corrected chi connectivity index (χ3v) is 2.61. The Hall–Kier alpha value is -2.61. The zero-order chi connectivity index (χ0) is 13.8. The summed E-state index contributed by atoms with van der Waals surface area (Å²) in [4.78, 5) is 11.6. The molecule has 0 aliphatic carbocycles. The Morgan fingerprint density at radius 2 is 2.11 bits per heavy atom. The lowest BCUT2D eigenvalue weighted by Gasteiger charge is -2.03. The maximum Gasteiger partial charge on any atom is 0.358 e. The average Bonchev–Trinajstić information content (AvgIpc) is 2.81. The van der Waals surface area contributed by atoms with Crippen LogP contribution in [0.4, 0.5) is 0 Å². The minimum atomic E-state index is -0.432. The van der Waals surface area contributed by atoms with E-state index in [9.17, 15) is 4.79 Å². The summed E-state index contributed by atoms with van der Waals surface area (Å²) in [5.74, 6) is -0.432. The van der Waals surface area contributed by atoms with Crippen molar-refractivity contribution < 1.29 is 9.53 Å². The smallest absolute Gasteiger partial charge is 0.358 e. The fourth-order valence-corrected chi connectivity index (χ4v) is 1.72. The van der Waals surface area contributed by atoms with Crippen LogP contribution in [0.3, 0.4) is 0 Å². The van der Waals surface area contributed by atoms with Gasteiger partial charge in [0, 0.05) is 5.69 Å².